The van der Waals surface area contributed by atoms with Crippen molar-refractivity contribution in [3.63, 3.8) is 0 Å². The fourth-order valence-corrected chi connectivity index (χ4v) is 2.78. The van der Waals surface area contributed by atoms with E-state index >= 15 is 0 Å². The number of pyridine rings is 1. The molecule has 0 aliphatic carbocycles. The van der Waals surface area contributed by atoms with Gasteiger partial charge < -0.3 is 19.9 Å². The van der Waals surface area contributed by atoms with Crippen molar-refractivity contribution in [2.24, 2.45) is 5.92 Å². The van der Waals surface area contributed by atoms with Crippen LogP contribution in [-0.4, -0.2) is 42.0 Å². The van der Waals surface area contributed by atoms with Gasteiger partial charge in [-0.05, 0) is 42.8 Å². The van der Waals surface area contributed by atoms with Crippen LogP contribution < -0.4 is 10.1 Å². The van der Waals surface area contributed by atoms with Gasteiger partial charge in [-0.25, -0.2) is 9.18 Å². The predicted molar refractivity (Wildman–Crippen MR) is 89.0 cm³/mol. The molecule has 0 radical (unpaired) electrons. The van der Waals surface area contributed by atoms with Gasteiger partial charge in [0.2, 0.25) is 0 Å². The zero-order valence-electron chi connectivity index (χ0n) is 13.5. The van der Waals surface area contributed by atoms with Crippen molar-refractivity contribution in [2.75, 3.05) is 19.8 Å². The summed E-state index contributed by atoms with van der Waals surface area (Å²) in [6.07, 6.45) is 0.779. The van der Waals surface area contributed by atoms with Gasteiger partial charge in [-0.2, -0.15) is 0 Å². The molecule has 2 aromatic rings. The van der Waals surface area contributed by atoms with Gasteiger partial charge in [0.05, 0.1) is 25.1 Å². The molecule has 2 unspecified atom stereocenters. The Balaban J connectivity index is 1.59. The standard InChI is InChI=1S/C18H19FN2O4/c19-14-3-6-16(20-9-14)12-1-4-15(5-2-12)25-11-13-10-24-8-7-17(13)21-18(22)23/h1-6,9,13,17,21H,7-8,10-11H2,(H,22,23). The van der Waals surface area contributed by atoms with Crippen molar-refractivity contribution >= 4 is 6.09 Å². The van der Waals surface area contributed by atoms with Crippen molar-refractivity contribution in [3.8, 4) is 17.0 Å². The normalized spacial score (nSPS) is 20.0. The van der Waals surface area contributed by atoms with Gasteiger partial charge in [0.1, 0.15) is 11.6 Å². The van der Waals surface area contributed by atoms with Gasteiger partial charge in [-0.3, -0.25) is 4.98 Å². The zero-order valence-corrected chi connectivity index (χ0v) is 13.5. The fraction of sp³-hybridized carbons (Fsp3) is 0.333. The lowest BCUT2D eigenvalue weighted by molar-refractivity contribution is 0.0140. The van der Waals surface area contributed by atoms with Gasteiger partial charge in [0, 0.05) is 24.1 Å². The molecule has 1 aromatic heterocycles. The van der Waals surface area contributed by atoms with Gasteiger partial charge in [-0.1, -0.05) is 0 Å². The molecule has 0 bridgehead atoms. The van der Waals surface area contributed by atoms with Gasteiger partial charge in [-0.15, -0.1) is 0 Å². The average Bonchev–Trinajstić information content (AvgIpc) is 2.62. The topological polar surface area (TPSA) is 80.7 Å². The molecule has 2 heterocycles. The number of nitrogens with one attached hydrogen (secondary N) is 1. The van der Waals surface area contributed by atoms with Crippen LogP contribution in [0.3, 0.4) is 0 Å². The van der Waals surface area contributed by atoms with Crippen molar-refractivity contribution in [1.82, 2.24) is 10.3 Å². The first-order chi connectivity index (χ1) is 12.1. The number of carboxylic acid groups (broad SMARTS) is 1. The van der Waals surface area contributed by atoms with E-state index in [0.717, 1.165) is 5.56 Å². The second-order valence-corrected chi connectivity index (χ2v) is 5.88. The molecule has 1 aromatic carbocycles. The lowest BCUT2D eigenvalue weighted by atomic mass is 9.97. The van der Waals surface area contributed by atoms with E-state index in [1.54, 1.807) is 6.07 Å². The van der Waals surface area contributed by atoms with Crippen LogP contribution in [0.4, 0.5) is 9.18 Å². The van der Waals surface area contributed by atoms with E-state index in [1.165, 1.54) is 12.3 Å². The first-order valence-electron chi connectivity index (χ1n) is 8.04. The second-order valence-electron chi connectivity index (χ2n) is 5.88. The van der Waals surface area contributed by atoms with E-state index in [9.17, 15) is 9.18 Å². The molecule has 25 heavy (non-hydrogen) atoms. The molecule has 1 amide bonds. The Labute approximate surface area is 144 Å². The van der Waals surface area contributed by atoms with Crippen molar-refractivity contribution in [3.05, 3.63) is 48.4 Å². The molecular weight excluding hydrogens is 327 g/mol. The number of hydrogen-bond acceptors (Lipinski definition) is 4. The quantitative estimate of drug-likeness (QED) is 0.870. The summed E-state index contributed by atoms with van der Waals surface area (Å²) >= 11 is 0. The summed E-state index contributed by atoms with van der Waals surface area (Å²) in [5.74, 6) is 0.261. The number of amides is 1. The van der Waals surface area contributed by atoms with E-state index in [1.807, 2.05) is 24.3 Å². The van der Waals surface area contributed by atoms with E-state index in [4.69, 9.17) is 14.6 Å². The van der Waals surface area contributed by atoms with Crippen molar-refractivity contribution < 1.29 is 23.8 Å². The number of nitrogens with zero attached hydrogens (tertiary/aromatic N) is 1. The van der Waals surface area contributed by atoms with Crippen LogP contribution >= 0.6 is 0 Å². The Kier molecular flexibility index (Phi) is 5.45. The van der Waals surface area contributed by atoms with E-state index in [0.29, 0.717) is 37.7 Å². The molecule has 3 rings (SSSR count). The van der Waals surface area contributed by atoms with Crippen LogP contribution in [0.2, 0.25) is 0 Å². The number of halogens is 1. The van der Waals surface area contributed by atoms with Crippen LogP contribution in [0.1, 0.15) is 6.42 Å². The highest BCUT2D eigenvalue weighted by molar-refractivity contribution is 5.64. The molecule has 1 aliphatic heterocycles. The Morgan fingerprint density at radius 1 is 1.32 bits per heavy atom. The minimum Gasteiger partial charge on any atom is -0.493 e. The number of ether oxygens (including phenoxy) is 2. The van der Waals surface area contributed by atoms with Crippen LogP contribution in [0.15, 0.2) is 42.6 Å². The minimum atomic E-state index is -1.03. The highest BCUT2D eigenvalue weighted by Gasteiger charge is 2.27. The SMILES string of the molecule is O=C(O)NC1CCOCC1COc1ccc(-c2ccc(F)cn2)cc1. The molecule has 1 aliphatic rings. The summed E-state index contributed by atoms with van der Waals surface area (Å²) in [5, 5.41) is 11.4. The third-order valence-corrected chi connectivity index (χ3v) is 4.12. The summed E-state index contributed by atoms with van der Waals surface area (Å²) in [6, 6.07) is 10.1. The lowest BCUT2D eigenvalue weighted by Gasteiger charge is -2.31. The summed E-state index contributed by atoms with van der Waals surface area (Å²) in [5.41, 5.74) is 1.54. The number of aromatic nitrogens is 1. The molecule has 1 fully saturated rings. The molecule has 0 spiro atoms. The average molecular weight is 346 g/mol. The van der Waals surface area contributed by atoms with Crippen molar-refractivity contribution in [2.45, 2.75) is 12.5 Å². The first-order valence-corrected chi connectivity index (χ1v) is 8.04. The van der Waals surface area contributed by atoms with Gasteiger partial charge in [0.25, 0.3) is 0 Å². The van der Waals surface area contributed by atoms with Gasteiger partial charge >= 0.3 is 6.09 Å². The second kappa shape index (κ2) is 7.94. The zero-order chi connectivity index (χ0) is 17.6. The number of benzene rings is 1. The Hall–Kier alpha value is -2.67. The van der Waals surface area contributed by atoms with E-state index in [2.05, 4.69) is 10.3 Å². The minimum absolute atomic E-state index is 0.0386. The molecule has 0 saturated carbocycles. The van der Waals surface area contributed by atoms with Crippen LogP contribution in [0, 0.1) is 11.7 Å². The maximum Gasteiger partial charge on any atom is 0.404 e. The fourth-order valence-electron chi connectivity index (χ4n) is 2.78. The van der Waals surface area contributed by atoms with Crippen LogP contribution in [-0.2, 0) is 4.74 Å². The maximum absolute atomic E-state index is 12.9. The largest absolute Gasteiger partial charge is 0.493 e. The van der Waals surface area contributed by atoms with Gasteiger partial charge in [0.15, 0.2) is 0 Å². The number of hydrogen-bond donors (Lipinski definition) is 2. The van der Waals surface area contributed by atoms with Crippen LogP contribution in [0.25, 0.3) is 11.3 Å². The third-order valence-electron chi connectivity index (χ3n) is 4.12. The molecule has 132 valence electrons. The Bertz CT molecular complexity index is 706. The first kappa shape index (κ1) is 17.2. The molecule has 2 atom stereocenters. The summed E-state index contributed by atoms with van der Waals surface area (Å²) in [4.78, 5) is 14.9. The molecular formula is C18H19FN2O4. The summed E-state index contributed by atoms with van der Waals surface area (Å²) in [6.45, 7) is 1.36. The lowest BCUT2D eigenvalue weighted by Crippen LogP contribution is -2.47. The third kappa shape index (κ3) is 4.67. The summed E-state index contributed by atoms with van der Waals surface area (Å²) in [7, 11) is 0. The predicted octanol–water partition coefficient (Wildman–Crippen LogP) is 2.94. The molecule has 2 N–H and O–H groups in total. The molecule has 1 saturated heterocycles. The molecule has 7 heteroatoms. The molecule has 6 nitrogen and oxygen atoms in total. The smallest absolute Gasteiger partial charge is 0.404 e. The van der Waals surface area contributed by atoms with E-state index < -0.39 is 6.09 Å². The Morgan fingerprint density at radius 3 is 2.80 bits per heavy atom. The maximum atomic E-state index is 12.9. The van der Waals surface area contributed by atoms with E-state index in [-0.39, 0.29) is 17.8 Å². The number of rotatable bonds is 5. The number of carbonyl (C=O) groups is 1. The summed E-state index contributed by atoms with van der Waals surface area (Å²) < 4.78 is 24.1. The van der Waals surface area contributed by atoms with Crippen molar-refractivity contribution in [1.29, 1.82) is 0 Å². The highest BCUT2D eigenvalue weighted by Crippen LogP contribution is 2.22. The van der Waals surface area contributed by atoms with Crippen LogP contribution in [0.5, 0.6) is 5.75 Å². The monoisotopic (exact) mass is 346 g/mol. The highest BCUT2D eigenvalue weighted by atomic mass is 19.1. The Morgan fingerprint density at radius 2 is 2.12 bits per heavy atom.